The first-order chi connectivity index (χ1) is 13.8. The molecule has 0 bridgehead atoms. The molecule has 7 heteroatoms. The molecule has 0 fully saturated rings. The summed E-state index contributed by atoms with van der Waals surface area (Å²) in [4.78, 5) is 38.7. The summed E-state index contributed by atoms with van der Waals surface area (Å²) in [6, 6.07) is 14.3. The van der Waals surface area contributed by atoms with Crippen LogP contribution in [0.1, 0.15) is 26.3 Å². The molecule has 1 aliphatic heterocycles. The molecule has 0 saturated heterocycles. The van der Waals surface area contributed by atoms with E-state index in [0.29, 0.717) is 29.1 Å². The molecule has 0 radical (unpaired) electrons. The Morgan fingerprint density at radius 1 is 1.03 bits per heavy atom. The summed E-state index contributed by atoms with van der Waals surface area (Å²) in [5.41, 5.74) is 2.51. The van der Waals surface area contributed by atoms with Crippen molar-refractivity contribution >= 4 is 50.6 Å². The molecule has 0 spiro atoms. The molecule has 0 aromatic heterocycles. The van der Waals surface area contributed by atoms with Crippen molar-refractivity contribution in [1.29, 1.82) is 0 Å². The summed E-state index contributed by atoms with van der Waals surface area (Å²) in [6.07, 6.45) is 0. The molecular weight excluding hydrogens is 434 g/mol. The minimum Gasteiger partial charge on any atom is -0.350 e. The quantitative estimate of drug-likeness (QED) is 0.637. The van der Waals surface area contributed by atoms with E-state index in [1.807, 2.05) is 38.1 Å². The highest BCUT2D eigenvalue weighted by Crippen LogP contribution is 2.32. The number of carbonyl (C=O) groups excluding carboxylic acids is 3. The zero-order valence-electron chi connectivity index (χ0n) is 16.5. The Balaban J connectivity index is 2.02. The highest BCUT2D eigenvalue weighted by atomic mass is 79.9. The van der Waals surface area contributed by atoms with E-state index >= 15 is 0 Å². The zero-order chi connectivity index (χ0) is 21.1. The van der Waals surface area contributed by atoms with Crippen LogP contribution in [0.15, 0.2) is 58.7 Å². The van der Waals surface area contributed by atoms with Gasteiger partial charge in [0, 0.05) is 29.3 Å². The third kappa shape index (κ3) is 4.74. The number of halogens is 1. The molecule has 3 rings (SSSR count). The highest BCUT2D eigenvalue weighted by molar-refractivity contribution is 9.10. The van der Waals surface area contributed by atoms with E-state index in [2.05, 4.69) is 26.6 Å². The zero-order valence-corrected chi connectivity index (χ0v) is 18.0. The number of hydrogen-bond acceptors (Lipinski definition) is 4. The predicted octanol–water partition coefficient (Wildman–Crippen LogP) is 4.26. The maximum absolute atomic E-state index is 13.1. The van der Waals surface area contributed by atoms with Gasteiger partial charge in [-0.1, -0.05) is 48.0 Å². The van der Waals surface area contributed by atoms with Crippen LogP contribution >= 0.6 is 15.9 Å². The largest absolute Gasteiger partial charge is 0.350 e. The average Bonchev–Trinajstić information content (AvgIpc) is 2.86. The minimum atomic E-state index is -0.343. The second-order valence-corrected chi connectivity index (χ2v) is 8.17. The van der Waals surface area contributed by atoms with E-state index in [9.17, 15) is 14.4 Å². The topological polar surface area (TPSA) is 78.5 Å². The lowest BCUT2D eigenvalue weighted by molar-refractivity contribution is -0.137. The summed E-state index contributed by atoms with van der Waals surface area (Å²) in [5.74, 6) is -0.696. The number of benzene rings is 2. The Bertz CT molecular complexity index is 997. The monoisotopic (exact) mass is 455 g/mol. The van der Waals surface area contributed by atoms with Crippen LogP contribution in [-0.4, -0.2) is 29.2 Å². The van der Waals surface area contributed by atoms with Crippen LogP contribution < -0.4 is 10.6 Å². The number of carbonyl (C=O) groups is 3. The van der Waals surface area contributed by atoms with Gasteiger partial charge < -0.3 is 10.6 Å². The van der Waals surface area contributed by atoms with Gasteiger partial charge in [0.05, 0.1) is 5.57 Å². The SMILES string of the molecule is CC(=O)Nc1ccc(C2=C(Nc3cccc(Br)c3)C(=O)N(CC(C)C)C2=O)cc1. The predicted molar refractivity (Wildman–Crippen MR) is 117 cm³/mol. The van der Waals surface area contributed by atoms with Gasteiger partial charge in [-0.25, -0.2) is 0 Å². The summed E-state index contributed by atoms with van der Waals surface area (Å²) in [7, 11) is 0. The summed E-state index contributed by atoms with van der Waals surface area (Å²) in [6.45, 7) is 5.69. The summed E-state index contributed by atoms with van der Waals surface area (Å²) < 4.78 is 0.861. The molecule has 0 aliphatic carbocycles. The van der Waals surface area contributed by atoms with Crippen LogP contribution in [0.3, 0.4) is 0 Å². The van der Waals surface area contributed by atoms with Crippen molar-refractivity contribution in [2.24, 2.45) is 5.92 Å². The highest BCUT2D eigenvalue weighted by Gasteiger charge is 2.39. The van der Waals surface area contributed by atoms with Gasteiger partial charge in [0.2, 0.25) is 5.91 Å². The molecule has 1 aliphatic rings. The molecule has 29 heavy (non-hydrogen) atoms. The van der Waals surface area contributed by atoms with Gasteiger partial charge in [-0.2, -0.15) is 0 Å². The van der Waals surface area contributed by atoms with Crippen LogP contribution in [0.25, 0.3) is 5.57 Å². The standard InChI is InChI=1S/C22H22BrN3O3/c1-13(2)12-26-21(28)19(15-7-9-17(10-8-15)24-14(3)27)20(22(26)29)25-18-6-4-5-16(23)11-18/h4-11,13,25H,12H2,1-3H3,(H,24,27). The van der Waals surface area contributed by atoms with Crippen molar-refractivity contribution < 1.29 is 14.4 Å². The lowest BCUT2D eigenvalue weighted by atomic mass is 10.0. The molecule has 2 N–H and O–H groups in total. The van der Waals surface area contributed by atoms with E-state index in [-0.39, 0.29) is 29.3 Å². The van der Waals surface area contributed by atoms with Crippen molar-refractivity contribution in [2.45, 2.75) is 20.8 Å². The number of nitrogens with zero attached hydrogens (tertiary/aromatic N) is 1. The van der Waals surface area contributed by atoms with E-state index < -0.39 is 0 Å². The third-order valence-electron chi connectivity index (χ3n) is 4.30. The van der Waals surface area contributed by atoms with Crippen LogP contribution in [-0.2, 0) is 14.4 Å². The van der Waals surface area contributed by atoms with Crippen LogP contribution in [0.2, 0.25) is 0 Å². The second kappa shape index (κ2) is 8.61. The molecule has 0 atom stereocenters. The molecule has 2 aromatic carbocycles. The molecule has 1 heterocycles. The van der Waals surface area contributed by atoms with Crippen molar-refractivity contribution in [1.82, 2.24) is 4.90 Å². The van der Waals surface area contributed by atoms with E-state index in [1.54, 1.807) is 24.3 Å². The van der Waals surface area contributed by atoms with Crippen molar-refractivity contribution in [3.8, 4) is 0 Å². The Hall–Kier alpha value is -2.93. The summed E-state index contributed by atoms with van der Waals surface area (Å²) in [5, 5.41) is 5.82. The smallest absolute Gasteiger partial charge is 0.278 e. The molecule has 0 unspecified atom stereocenters. The van der Waals surface area contributed by atoms with Crippen molar-refractivity contribution in [2.75, 3.05) is 17.2 Å². The number of imide groups is 1. The van der Waals surface area contributed by atoms with Gasteiger partial charge in [-0.3, -0.25) is 19.3 Å². The first kappa shape index (κ1) is 20.8. The fourth-order valence-electron chi connectivity index (χ4n) is 3.12. The van der Waals surface area contributed by atoms with Crippen molar-refractivity contribution in [3.63, 3.8) is 0 Å². The average molecular weight is 456 g/mol. The molecule has 150 valence electrons. The third-order valence-corrected chi connectivity index (χ3v) is 4.80. The second-order valence-electron chi connectivity index (χ2n) is 7.26. The number of rotatable bonds is 6. The van der Waals surface area contributed by atoms with E-state index in [1.165, 1.54) is 11.8 Å². The fourth-order valence-corrected chi connectivity index (χ4v) is 3.52. The normalized spacial score (nSPS) is 14.0. The lowest BCUT2D eigenvalue weighted by Crippen LogP contribution is -2.35. The number of amides is 3. The van der Waals surface area contributed by atoms with Crippen molar-refractivity contribution in [3.05, 3.63) is 64.3 Å². The number of nitrogens with one attached hydrogen (secondary N) is 2. The van der Waals surface area contributed by atoms with Gasteiger partial charge in [0.15, 0.2) is 0 Å². The van der Waals surface area contributed by atoms with Gasteiger partial charge in [-0.15, -0.1) is 0 Å². The summed E-state index contributed by atoms with van der Waals surface area (Å²) >= 11 is 3.42. The number of hydrogen-bond donors (Lipinski definition) is 2. The van der Waals surface area contributed by atoms with Gasteiger partial charge >= 0.3 is 0 Å². The Morgan fingerprint density at radius 3 is 2.31 bits per heavy atom. The molecule has 3 amide bonds. The van der Waals surface area contributed by atoms with E-state index in [0.717, 1.165) is 4.47 Å². The number of anilines is 2. The maximum Gasteiger partial charge on any atom is 0.278 e. The lowest BCUT2D eigenvalue weighted by Gasteiger charge is -2.17. The Morgan fingerprint density at radius 2 is 1.72 bits per heavy atom. The van der Waals surface area contributed by atoms with Gasteiger partial charge in [-0.05, 0) is 41.8 Å². The molecule has 0 saturated carbocycles. The minimum absolute atomic E-state index is 0.150. The van der Waals surface area contributed by atoms with E-state index in [4.69, 9.17) is 0 Å². The molecular formula is C22H22BrN3O3. The van der Waals surface area contributed by atoms with Crippen LogP contribution in [0.5, 0.6) is 0 Å². The molecule has 2 aromatic rings. The van der Waals surface area contributed by atoms with Crippen LogP contribution in [0.4, 0.5) is 11.4 Å². The first-order valence-corrected chi connectivity index (χ1v) is 10.1. The van der Waals surface area contributed by atoms with Crippen LogP contribution in [0, 0.1) is 5.92 Å². The Labute approximate surface area is 178 Å². The van der Waals surface area contributed by atoms with Gasteiger partial charge in [0.25, 0.3) is 11.8 Å². The first-order valence-electron chi connectivity index (χ1n) is 9.27. The molecule has 6 nitrogen and oxygen atoms in total. The maximum atomic E-state index is 13.1. The van der Waals surface area contributed by atoms with Gasteiger partial charge in [0.1, 0.15) is 5.70 Å². The fraction of sp³-hybridized carbons (Fsp3) is 0.227. The Kier molecular flexibility index (Phi) is 6.17.